The van der Waals surface area contributed by atoms with Gasteiger partial charge in [0.2, 0.25) is 0 Å². The number of rotatable bonds is 4. The summed E-state index contributed by atoms with van der Waals surface area (Å²) in [6.45, 7) is 10.3. The zero-order valence-electron chi connectivity index (χ0n) is 18.7. The highest BCUT2D eigenvalue weighted by Crippen LogP contribution is 2.37. The topological polar surface area (TPSA) is 52.6 Å². The van der Waals surface area contributed by atoms with Gasteiger partial charge in [0, 0.05) is 10.0 Å². The van der Waals surface area contributed by atoms with Crippen molar-refractivity contribution in [3.8, 4) is 11.5 Å². The van der Waals surface area contributed by atoms with Crippen molar-refractivity contribution in [2.45, 2.75) is 40.0 Å². The van der Waals surface area contributed by atoms with Crippen LogP contribution in [0.15, 0.2) is 60.7 Å². The van der Waals surface area contributed by atoms with Crippen LogP contribution in [0.25, 0.3) is 0 Å². The molecule has 0 radical (unpaired) electrons. The maximum Gasteiger partial charge on any atom is 0.343 e. The lowest BCUT2D eigenvalue weighted by atomic mass is 9.86. The molecule has 0 fully saturated rings. The van der Waals surface area contributed by atoms with Crippen molar-refractivity contribution in [1.82, 2.24) is 0 Å². The molecule has 0 saturated carbocycles. The average molecular weight is 473 g/mol. The summed E-state index contributed by atoms with van der Waals surface area (Å²) in [5.74, 6) is -0.0960. The summed E-state index contributed by atoms with van der Waals surface area (Å²) >= 11 is 11.4. The molecule has 168 valence electrons. The molecule has 0 N–H and O–H groups in total. The molecule has 0 spiro atoms. The van der Waals surface area contributed by atoms with Gasteiger partial charge < -0.3 is 9.47 Å². The lowest BCUT2D eigenvalue weighted by molar-refractivity contribution is -0.120. The summed E-state index contributed by atoms with van der Waals surface area (Å²) in [5.41, 5.74) is 3.15. The minimum absolute atomic E-state index is 0.134. The van der Waals surface area contributed by atoms with E-state index in [1.165, 1.54) is 5.56 Å². The summed E-state index contributed by atoms with van der Waals surface area (Å²) in [5, 5.41) is 1.33. The molecule has 4 nitrogen and oxygen atoms in total. The highest BCUT2D eigenvalue weighted by atomic mass is 35.5. The molecule has 0 bridgehead atoms. The van der Waals surface area contributed by atoms with Crippen LogP contribution in [0.1, 0.15) is 47.8 Å². The number of hydrogen-bond donors (Lipinski definition) is 0. The van der Waals surface area contributed by atoms with E-state index in [0.717, 1.165) is 10.6 Å². The quantitative estimate of drug-likeness (QED) is 0.226. The van der Waals surface area contributed by atoms with Gasteiger partial charge in [-0.3, -0.25) is 4.79 Å². The van der Waals surface area contributed by atoms with E-state index in [1.807, 2.05) is 58.0 Å². The van der Waals surface area contributed by atoms with Crippen molar-refractivity contribution in [2.75, 3.05) is 0 Å². The molecular formula is C26H26Cl2O4. The van der Waals surface area contributed by atoms with Crippen LogP contribution in [-0.2, 0) is 10.2 Å². The Kier molecular flexibility index (Phi) is 8.88. The van der Waals surface area contributed by atoms with E-state index in [0.29, 0.717) is 22.6 Å². The standard InChI is InChI=1S/C19H19ClO4.C7H7Cl/c1-12-9-14(19(2,3)4)10-16(23-11-21)17(12)24-18(22)13-5-7-15(20)8-6-13;1-6-2-4-7(8)5-3-6/h5-11H,1-4H3;2-5H,1H3. The highest BCUT2D eigenvalue weighted by Gasteiger charge is 2.21. The van der Waals surface area contributed by atoms with E-state index >= 15 is 0 Å². The number of halogens is 2. The van der Waals surface area contributed by atoms with Gasteiger partial charge in [-0.05, 0) is 72.9 Å². The third kappa shape index (κ3) is 7.40. The third-order valence-corrected chi connectivity index (χ3v) is 5.07. The van der Waals surface area contributed by atoms with Gasteiger partial charge >= 0.3 is 5.97 Å². The van der Waals surface area contributed by atoms with Gasteiger partial charge in [-0.1, -0.05) is 67.7 Å². The normalized spacial score (nSPS) is 10.6. The van der Waals surface area contributed by atoms with E-state index in [2.05, 4.69) is 0 Å². The minimum Gasteiger partial charge on any atom is -0.425 e. The molecule has 0 heterocycles. The molecule has 0 aliphatic carbocycles. The van der Waals surface area contributed by atoms with Gasteiger partial charge in [0.1, 0.15) is 0 Å². The van der Waals surface area contributed by atoms with Crippen LogP contribution in [0.2, 0.25) is 10.0 Å². The monoisotopic (exact) mass is 472 g/mol. The fraction of sp³-hybridized carbons (Fsp3) is 0.231. The summed E-state index contributed by atoms with van der Waals surface area (Å²) in [7, 11) is 0. The van der Waals surface area contributed by atoms with Crippen LogP contribution >= 0.6 is 23.2 Å². The van der Waals surface area contributed by atoms with Crippen molar-refractivity contribution < 1.29 is 19.1 Å². The van der Waals surface area contributed by atoms with Gasteiger partial charge in [0.15, 0.2) is 11.5 Å². The fourth-order valence-corrected chi connectivity index (χ4v) is 2.97. The van der Waals surface area contributed by atoms with Gasteiger partial charge in [0.05, 0.1) is 5.56 Å². The highest BCUT2D eigenvalue weighted by molar-refractivity contribution is 6.30. The lowest BCUT2D eigenvalue weighted by Gasteiger charge is -2.22. The van der Waals surface area contributed by atoms with Crippen LogP contribution in [0.5, 0.6) is 11.5 Å². The summed E-state index contributed by atoms with van der Waals surface area (Å²) in [4.78, 5) is 23.1. The third-order valence-electron chi connectivity index (χ3n) is 4.57. The number of ether oxygens (including phenoxy) is 2. The Labute approximate surface area is 199 Å². The first-order chi connectivity index (χ1) is 15.0. The van der Waals surface area contributed by atoms with E-state index in [-0.39, 0.29) is 16.9 Å². The SMILES string of the molecule is Cc1cc(C(C)(C)C)cc(OC=O)c1OC(=O)c1ccc(Cl)cc1.Cc1ccc(Cl)cc1. The molecule has 0 aliphatic heterocycles. The zero-order valence-corrected chi connectivity index (χ0v) is 20.3. The summed E-state index contributed by atoms with van der Waals surface area (Å²) < 4.78 is 10.5. The van der Waals surface area contributed by atoms with Crippen molar-refractivity contribution in [3.63, 3.8) is 0 Å². The summed E-state index contributed by atoms with van der Waals surface area (Å²) in [6, 6.07) is 17.7. The Morgan fingerprint density at radius 2 is 1.41 bits per heavy atom. The van der Waals surface area contributed by atoms with E-state index in [4.69, 9.17) is 32.7 Å². The molecule has 3 rings (SSSR count). The Morgan fingerprint density at radius 1 is 0.875 bits per heavy atom. The number of benzene rings is 3. The van der Waals surface area contributed by atoms with Crippen LogP contribution < -0.4 is 9.47 Å². The van der Waals surface area contributed by atoms with Crippen molar-refractivity contribution in [3.05, 3.63) is 93.0 Å². The molecule has 3 aromatic rings. The summed E-state index contributed by atoms with van der Waals surface area (Å²) in [6.07, 6.45) is 0. The van der Waals surface area contributed by atoms with E-state index < -0.39 is 5.97 Å². The Bertz CT molecular complexity index is 1050. The first-order valence-corrected chi connectivity index (χ1v) is 10.7. The molecule has 0 atom stereocenters. The number of esters is 1. The van der Waals surface area contributed by atoms with Gasteiger partial charge in [-0.15, -0.1) is 0 Å². The second-order valence-electron chi connectivity index (χ2n) is 8.28. The predicted molar refractivity (Wildman–Crippen MR) is 129 cm³/mol. The van der Waals surface area contributed by atoms with Crippen molar-refractivity contribution in [2.24, 2.45) is 0 Å². The molecule has 0 aromatic heterocycles. The van der Waals surface area contributed by atoms with E-state index in [1.54, 1.807) is 37.3 Å². The number of hydrogen-bond acceptors (Lipinski definition) is 4. The van der Waals surface area contributed by atoms with Gasteiger partial charge in [-0.2, -0.15) is 0 Å². The molecule has 0 saturated heterocycles. The molecule has 3 aromatic carbocycles. The maximum atomic E-state index is 12.3. The average Bonchev–Trinajstić information content (AvgIpc) is 2.73. The van der Waals surface area contributed by atoms with Gasteiger partial charge in [-0.25, -0.2) is 4.79 Å². The largest absolute Gasteiger partial charge is 0.425 e. The first-order valence-electron chi connectivity index (χ1n) is 9.96. The molecule has 6 heteroatoms. The van der Waals surface area contributed by atoms with Crippen LogP contribution in [0, 0.1) is 13.8 Å². The first kappa shape index (κ1) is 25.4. The Balaban J connectivity index is 0.000000380. The second-order valence-corrected chi connectivity index (χ2v) is 9.15. The lowest BCUT2D eigenvalue weighted by Crippen LogP contribution is -2.14. The van der Waals surface area contributed by atoms with Crippen LogP contribution in [0.4, 0.5) is 0 Å². The van der Waals surface area contributed by atoms with Crippen LogP contribution in [0.3, 0.4) is 0 Å². The molecular weight excluding hydrogens is 447 g/mol. The zero-order chi connectivity index (χ0) is 23.9. The van der Waals surface area contributed by atoms with Gasteiger partial charge in [0.25, 0.3) is 6.47 Å². The molecule has 32 heavy (non-hydrogen) atoms. The second kappa shape index (κ2) is 11.2. The number of carbonyl (C=O) groups excluding carboxylic acids is 2. The Morgan fingerprint density at radius 3 is 1.88 bits per heavy atom. The molecule has 0 amide bonds. The Hall–Kier alpha value is -2.82. The van der Waals surface area contributed by atoms with E-state index in [9.17, 15) is 9.59 Å². The fourth-order valence-electron chi connectivity index (χ4n) is 2.72. The van der Waals surface area contributed by atoms with Crippen molar-refractivity contribution in [1.29, 1.82) is 0 Å². The minimum atomic E-state index is -0.547. The number of carbonyl (C=O) groups is 2. The smallest absolute Gasteiger partial charge is 0.343 e. The number of aryl methyl sites for hydroxylation is 2. The molecule has 0 unspecified atom stereocenters. The van der Waals surface area contributed by atoms with Crippen LogP contribution in [-0.4, -0.2) is 12.4 Å². The molecule has 0 aliphatic rings. The maximum absolute atomic E-state index is 12.3. The van der Waals surface area contributed by atoms with Crippen molar-refractivity contribution >= 4 is 35.6 Å². The predicted octanol–water partition coefficient (Wildman–Crippen LogP) is 7.35.